The summed E-state index contributed by atoms with van der Waals surface area (Å²) < 4.78 is 40.9. The lowest BCUT2D eigenvalue weighted by molar-refractivity contribution is -0.137. The van der Waals surface area contributed by atoms with E-state index in [4.69, 9.17) is 0 Å². The highest BCUT2D eigenvalue weighted by molar-refractivity contribution is 6.04. The molecule has 0 spiro atoms. The summed E-state index contributed by atoms with van der Waals surface area (Å²) in [5.41, 5.74) is 5.06. The molecule has 1 amide bonds. The minimum absolute atomic E-state index is 0.0933. The van der Waals surface area contributed by atoms with E-state index < -0.39 is 17.6 Å². The van der Waals surface area contributed by atoms with Crippen LogP contribution in [0.4, 0.5) is 42.0 Å². The fraction of sp³-hybridized carbons (Fsp3) is 0.200. The predicted molar refractivity (Wildman–Crippen MR) is 155 cm³/mol. The molecular formula is C30H27F3N8O. The third-order valence-corrected chi connectivity index (χ3v) is 7.13. The molecule has 0 unspecified atom stereocenters. The Morgan fingerprint density at radius 3 is 2.67 bits per heavy atom. The number of aromatic nitrogens is 4. The lowest BCUT2D eigenvalue weighted by Gasteiger charge is -2.18. The van der Waals surface area contributed by atoms with Crippen molar-refractivity contribution in [1.29, 1.82) is 0 Å². The van der Waals surface area contributed by atoms with Crippen LogP contribution in [0.2, 0.25) is 0 Å². The van der Waals surface area contributed by atoms with Gasteiger partial charge in [-0.25, -0.2) is 9.67 Å². The van der Waals surface area contributed by atoms with Gasteiger partial charge in [0.15, 0.2) is 11.5 Å². The zero-order valence-electron chi connectivity index (χ0n) is 22.8. The normalized spacial score (nSPS) is 13.1. The van der Waals surface area contributed by atoms with Crippen molar-refractivity contribution in [2.75, 3.05) is 22.5 Å². The smallest absolute Gasteiger partial charge is 0.338 e. The molecule has 12 heteroatoms. The number of carbonyl (C=O) groups is 1. The summed E-state index contributed by atoms with van der Waals surface area (Å²) >= 11 is 0. The number of fused-ring (bicyclic) bond motifs is 2. The third kappa shape index (κ3) is 5.61. The van der Waals surface area contributed by atoms with Gasteiger partial charge in [0.05, 0.1) is 10.9 Å². The minimum atomic E-state index is -4.54. The van der Waals surface area contributed by atoms with Crippen molar-refractivity contribution in [2.24, 2.45) is 7.05 Å². The average molecular weight is 573 g/mol. The Balaban J connectivity index is 1.21. The Morgan fingerprint density at radius 2 is 1.83 bits per heavy atom. The predicted octanol–water partition coefficient (Wildman–Crippen LogP) is 6.08. The van der Waals surface area contributed by atoms with Gasteiger partial charge in [0.25, 0.3) is 5.91 Å². The lowest BCUT2D eigenvalue weighted by Crippen LogP contribution is -2.23. The standard InChI is InChI=1S/C30H27F3N8O/c1-17-6-8-23(36-28(42)19-4-3-5-21(12-19)30(31,32)33)14-25(17)38-26-24-16-35-29(39-27(24)41(2)40-26)37-22-9-7-18-10-11-34-15-20(18)13-22/h3-9,12-14,16,34H,10-11,15H2,1-2H3,(H,36,42)(H,38,40)(H,35,37,39). The summed E-state index contributed by atoms with van der Waals surface area (Å²) in [5.74, 6) is 0.308. The highest BCUT2D eigenvalue weighted by atomic mass is 19.4. The van der Waals surface area contributed by atoms with Crippen LogP contribution in [0.25, 0.3) is 11.0 Å². The average Bonchev–Trinajstić information content (AvgIpc) is 3.28. The number of hydrogen-bond donors (Lipinski definition) is 4. The van der Waals surface area contributed by atoms with Crippen molar-refractivity contribution in [2.45, 2.75) is 26.1 Å². The van der Waals surface area contributed by atoms with Crippen molar-refractivity contribution in [3.8, 4) is 0 Å². The molecule has 0 atom stereocenters. The van der Waals surface area contributed by atoms with Gasteiger partial charge in [-0.1, -0.05) is 18.2 Å². The molecule has 0 aliphatic carbocycles. The van der Waals surface area contributed by atoms with Crippen LogP contribution < -0.4 is 21.3 Å². The maximum absolute atomic E-state index is 13.1. The molecule has 6 rings (SSSR count). The second kappa shape index (κ2) is 10.8. The van der Waals surface area contributed by atoms with E-state index >= 15 is 0 Å². The quantitative estimate of drug-likeness (QED) is 0.195. The molecule has 3 heterocycles. The van der Waals surface area contributed by atoms with Crippen LogP contribution in [0, 0.1) is 6.92 Å². The molecular weight excluding hydrogens is 545 g/mol. The zero-order valence-corrected chi connectivity index (χ0v) is 22.8. The van der Waals surface area contributed by atoms with Gasteiger partial charge in [0.2, 0.25) is 5.95 Å². The molecule has 214 valence electrons. The van der Waals surface area contributed by atoms with Gasteiger partial charge in [0, 0.05) is 42.4 Å². The van der Waals surface area contributed by atoms with E-state index in [-0.39, 0.29) is 5.56 Å². The van der Waals surface area contributed by atoms with Crippen LogP contribution >= 0.6 is 0 Å². The molecule has 5 aromatic rings. The van der Waals surface area contributed by atoms with Crippen molar-refractivity contribution in [1.82, 2.24) is 25.1 Å². The topological polar surface area (TPSA) is 109 Å². The van der Waals surface area contributed by atoms with E-state index in [1.54, 1.807) is 36.1 Å². The number of nitrogens with zero attached hydrogens (tertiary/aromatic N) is 4. The number of benzene rings is 3. The Bertz CT molecular complexity index is 1810. The maximum atomic E-state index is 13.1. The number of carbonyl (C=O) groups excluding carboxylic acids is 1. The molecule has 0 fully saturated rings. The summed E-state index contributed by atoms with van der Waals surface area (Å²) in [5, 5.41) is 17.9. The highest BCUT2D eigenvalue weighted by Gasteiger charge is 2.31. The summed E-state index contributed by atoms with van der Waals surface area (Å²) in [6.07, 6.45) is -1.84. The van der Waals surface area contributed by atoms with Gasteiger partial charge >= 0.3 is 6.18 Å². The summed E-state index contributed by atoms with van der Waals surface area (Å²) in [6, 6.07) is 15.7. The van der Waals surface area contributed by atoms with E-state index in [0.29, 0.717) is 34.2 Å². The van der Waals surface area contributed by atoms with Gasteiger partial charge in [-0.15, -0.1) is 0 Å². The Hall–Kier alpha value is -4.97. The van der Waals surface area contributed by atoms with E-state index in [1.807, 2.05) is 13.0 Å². The van der Waals surface area contributed by atoms with Gasteiger partial charge < -0.3 is 21.3 Å². The van der Waals surface area contributed by atoms with E-state index in [0.717, 1.165) is 42.9 Å². The number of amides is 1. The Labute approximate surface area is 239 Å². The number of rotatable bonds is 6. The van der Waals surface area contributed by atoms with Gasteiger partial charge in [-0.3, -0.25) is 4.79 Å². The molecule has 1 aliphatic heterocycles. The van der Waals surface area contributed by atoms with Gasteiger partial charge in [-0.2, -0.15) is 23.3 Å². The van der Waals surface area contributed by atoms with Gasteiger partial charge in [-0.05, 0) is 79.0 Å². The van der Waals surface area contributed by atoms with Crippen LogP contribution in [0.3, 0.4) is 0 Å². The Morgan fingerprint density at radius 1 is 1.00 bits per heavy atom. The molecule has 1 aliphatic rings. The van der Waals surface area contributed by atoms with Crippen molar-refractivity contribution in [3.05, 3.63) is 94.7 Å². The minimum Gasteiger partial charge on any atom is -0.338 e. The molecule has 0 radical (unpaired) electrons. The SMILES string of the molecule is Cc1ccc(NC(=O)c2cccc(C(F)(F)F)c2)cc1Nc1nn(C)c2nc(Nc3ccc4c(c3)CNCC4)ncc12. The summed E-state index contributed by atoms with van der Waals surface area (Å²) in [6.45, 7) is 3.70. The number of aryl methyl sites for hydroxylation is 2. The van der Waals surface area contributed by atoms with E-state index in [2.05, 4.69) is 48.5 Å². The first-order chi connectivity index (χ1) is 20.1. The summed E-state index contributed by atoms with van der Waals surface area (Å²) in [4.78, 5) is 21.9. The molecule has 2 aromatic heterocycles. The lowest BCUT2D eigenvalue weighted by atomic mass is 10.0. The largest absolute Gasteiger partial charge is 0.416 e. The highest BCUT2D eigenvalue weighted by Crippen LogP contribution is 2.31. The van der Waals surface area contributed by atoms with Crippen LogP contribution in [-0.4, -0.2) is 32.2 Å². The van der Waals surface area contributed by atoms with Crippen molar-refractivity contribution >= 4 is 45.8 Å². The van der Waals surface area contributed by atoms with E-state index in [1.165, 1.54) is 23.3 Å². The first-order valence-electron chi connectivity index (χ1n) is 13.3. The van der Waals surface area contributed by atoms with Crippen LogP contribution in [-0.2, 0) is 26.2 Å². The molecule has 9 nitrogen and oxygen atoms in total. The van der Waals surface area contributed by atoms with Crippen LogP contribution in [0.1, 0.15) is 32.6 Å². The monoisotopic (exact) mass is 572 g/mol. The number of alkyl halides is 3. The molecule has 0 bridgehead atoms. The number of nitrogens with one attached hydrogen (secondary N) is 4. The second-order valence-corrected chi connectivity index (χ2v) is 10.1. The fourth-order valence-corrected chi connectivity index (χ4v) is 4.88. The maximum Gasteiger partial charge on any atom is 0.416 e. The number of anilines is 5. The second-order valence-electron chi connectivity index (χ2n) is 10.1. The molecule has 0 saturated heterocycles. The van der Waals surface area contributed by atoms with Crippen LogP contribution in [0.5, 0.6) is 0 Å². The Kier molecular flexibility index (Phi) is 6.99. The molecule has 3 aromatic carbocycles. The molecule has 4 N–H and O–H groups in total. The summed E-state index contributed by atoms with van der Waals surface area (Å²) in [7, 11) is 1.79. The number of hydrogen-bond acceptors (Lipinski definition) is 7. The van der Waals surface area contributed by atoms with Crippen molar-refractivity contribution < 1.29 is 18.0 Å². The van der Waals surface area contributed by atoms with Crippen molar-refractivity contribution in [3.63, 3.8) is 0 Å². The first-order valence-corrected chi connectivity index (χ1v) is 13.3. The first kappa shape index (κ1) is 27.2. The number of halogens is 3. The van der Waals surface area contributed by atoms with E-state index in [9.17, 15) is 18.0 Å². The van der Waals surface area contributed by atoms with Gasteiger partial charge in [0.1, 0.15) is 0 Å². The third-order valence-electron chi connectivity index (χ3n) is 7.13. The molecule has 0 saturated carbocycles. The molecule has 42 heavy (non-hydrogen) atoms. The zero-order chi connectivity index (χ0) is 29.4. The van der Waals surface area contributed by atoms with Crippen LogP contribution in [0.15, 0.2) is 66.9 Å². The fourth-order valence-electron chi connectivity index (χ4n) is 4.88.